The molecule has 0 atom stereocenters. The van der Waals surface area contributed by atoms with Crippen molar-refractivity contribution in [2.24, 2.45) is 0 Å². The van der Waals surface area contributed by atoms with E-state index in [2.05, 4.69) is 10.6 Å². The number of nitrogens with zero attached hydrogens (tertiary/aromatic N) is 1. The molecule has 0 heterocycles. The van der Waals surface area contributed by atoms with Crippen molar-refractivity contribution in [3.8, 4) is 0 Å². The lowest BCUT2D eigenvalue weighted by molar-refractivity contribution is -0.385. The Morgan fingerprint density at radius 2 is 2.11 bits per heavy atom. The third-order valence-electron chi connectivity index (χ3n) is 2.38. The summed E-state index contributed by atoms with van der Waals surface area (Å²) in [5.41, 5.74) is -0.388. The van der Waals surface area contributed by atoms with Crippen LogP contribution in [0.15, 0.2) is 18.2 Å². The van der Waals surface area contributed by atoms with Crippen LogP contribution < -0.4 is 10.6 Å². The van der Waals surface area contributed by atoms with Gasteiger partial charge in [0.15, 0.2) is 0 Å². The van der Waals surface area contributed by atoms with Gasteiger partial charge in [-0.25, -0.2) is 0 Å². The van der Waals surface area contributed by atoms with Crippen molar-refractivity contribution in [1.82, 2.24) is 10.6 Å². The largest absolute Gasteiger partial charge is 0.350 e. The predicted molar refractivity (Wildman–Crippen MR) is 73.6 cm³/mol. The van der Waals surface area contributed by atoms with Gasteiger partial charge in [-0.15, -0.1) is 0 Å². The van der Waals surface area contributed by atoms with Gasteiger partial charge in [-0.2, -0.15) is 0 Å². The molecular formula is C12H16ClN3O3. The topological polar surface area (TPSA) is 84.3 Å². The summed E-state index contributed by atoms with van der Waals surface area (Å²) in [6, 6.07) is 4.46. The molecule has 2 N–H and O–H groups in total. The van der Waals surface area contributed by atoms with Crippen molar-refractivity contribution >= 4 is 23.2 Å². The summed E-state index contributed by atoms with van der Waals surface area (Å²) in [7, 11) is 0. The van der Waals surface area contributed by atoms with Crippen molar-refractivity contribution in [2.75, 3.05) is 13.1 Å². The highest BCUT2D eigenvalue weighted by Gasteiger charge is 2.22. The Kier molecular flexibility index (Phi) is 5.72. The summed E-state index contributed by atoms with van der Waals surface area (Å²) in [5.74, 6) is -0.539. The summed E-state index contributed by atoms with van der Waals surface area (Å²) < 4.78 is 0. The minimum absolute atomic E-state index is 0.0727. The number of nitro benzene ring substituents is 1. The summed E-state index contributed by atoms with van der Waals surface area (Å²) in [6.45, 7) is 4.93. The Hall–Kier alpha value is -1.66. The van der Waals surface area contributed by atoms with Crippen LogP contribution in [0.5, 0.6) is 0 Å². The smallest absolute Gasteiger partial charge is 0.283 e. The van der Waals surface area contributed by atoms with Crippen molar-refractivity contribution < 1.29 is 9.72 Å². The number of hydrogen-bond acceptors (Lipinski definition) is 4. The predicted octanol–water partition coefficient (Wildman–Crippen LogP) is 1.98. The highest BCUT2D eigenvalue weighted by Crippen LogP contribution is 2.25. The summed E-state index contributed by atoms with van der Waals surface area (Å²) in [6.07, 6.45) is 0. The molecule has 1 aromatic carbocycles. The zero-order valence-corrected chi connectivity index (χ0v) is 11.5. The van der Waals surface area contributed by atoms with Crippen LogP contribution in [0.25, 0.3) is 0 Å². The van der Waals surface area contributed by atoms with Crippen molar-refractivity contribution in [2.45, 2.75) is 19.9 Å². The second-order valence-corrected chi connectivity index (χ2v) is 4.66. The van der Waals surface area contributed by atoms with Gasteiger partial charge in [-0.1, -0.05) is 31.5 Å². The van der Waals surface area contributed by atoms with Gasteiger partial charge in [-0.3, -0.25) is 14.9 Å². The van der Waals surface area contributed by atoms with E-state index in [4.69, 9.17) is 11.6 Å². The third-order valence-corrected chi connectivity index (χ3v) is 2.69. The van der Waals surface area contributed by atoms with Crippen LogP contribution in [0.3, 0.4) is 0 Å². The molecule has 6 nitrogen and oxygen atoms in total. The van der Waals surface area contributed by atoms with Crippen molar-refractivity contribution in [1.29, 1.82) is 0 Å². The second-order valence-electron chi connectivity index (χ2n) is 4.26. The van der Waals surface area contributed by atoms with Gasteiger partial charge in [0, 0.05) is 25.2 Å². The first-order valence-corrected chi connectivity index (χ1v) is 6.25. The highest BCUT2D eigenvalue weighted by molar-refractivity contribution is 6.34. The molecule has 1 aromatic rings. The fourth-order valence-electron chi connectivity index (χ4n) is 1.51. The molecule has 0 saturated heterocycles. The molecule has 0 unspecified atom stereocenters. The lowest BCUT2D eigenvalue weighted by atomic mass is 10.1. The van der Waals surface area contributed by atoms with Gasteiger partial charge in [0.2, 0.25) is 0 Å². The lowest BCUT2D eigenvalue weighted by Crippen LogP contribution is -2.34. The Morgan fingerprint density at radius 1 is 1.42 bits per heavy atom. The van der Waals surface area contributed by atoms with Crippen LogP contribution in [0.2, 0.25) is 5.02 Å². The average molecular weight is 286 g/mol. The van der Waals surface area contributed by atoms with E-state index in [1.807, 2.05) is 13.8 Å². The SMILES string of the molecule is CC(C)NCCNC(=O)c1c(Cl)cccc1[N+](=O)[O-]. The molecule has 0 spiro atoms. The van der Waals surface area contributed by atoms with Gasteiger partial charge in [0.25, 0.3) is 11.6 Å². The maximum absolute atomic E-state index is 11.9. The number of halogens is 1. The van der Waals surface area contributed by atoms with E-state index >= 15 is 0 Å². The second kappa shape index (κ2) is 7.06. The third kappa shape index (κ3) is 4.50. The zero-order chi connectivity index (χ0) is 14.4. The molecule has 0 saturated carbocycles. The maximum atomic E-state index is 11.9. The molecule has 0 aromatic heterocycles. The number of hydrogen-bond donors (Lipinski definition) is 2. The lowest BCUT2D eigenvalue weighted by Gasteiger charge is -2.10. The molecule has 104 valence electrons. The quantitative estimate of drug-likeness (QED) is 0.475. The fourth-order valence-corrected chi connectivity index (χ4v) is 1.77. The van der Waals surface area contributed by atoms with Crippen LogP contribution in [0, 0.1) is 10.1 Å². The monoisotopic (exact) mass is 285 g/mol. The van der Waals surface area contributed by atoms with Crippen LogP contribution in [0.4, 0.5) is 5.69 Å². The number of nitro groups is 1. The number of nitrogens with one attached hydrogen (secondary N) is 2. The van der Waals surface area contributed by atoms with E-state index < -0.39 is 10.8 Å². The molecule has 7 heteroatoms. The van der Waals surface area contributed by atoms with E-state index in [-0.39, 0.29) is 16.3 Å². The van der Waals surface area contributed by atoms with Gasteiger partial charge in [-0.05, 0) is 6.07 Å². The number of amides is 1. The first-order chi connectivity index (χ1) is 8.93. The molecule has 0 bridgehead atoms. The fraction of sp³-hybridized carbons (Fsp3) is 0.417. The molecule has 0 aliphatic rings. The standard InChI is InChI=1S/C12H16ClN3O3/c1-8(2)14-6-7-15-12(17)11-9(13)4-3-5-10(11)16(18)19/h3-5,8,14H,6-7H2,1-2H3,(H,15,17). The Labute approximate surface area is 116 Å². The first kappa shape index (κ1) is 15.4. The molecule has 1 rings (SSSR count). The highest BCUT2D eigenvalue weighted by atomic mass is 35.5. The average Bonchev–Trinajstić information content (AvgIpc) is 2.33. The van der Waals surface area contributed by atoms with Crippen molar-refractivity contribution in [3.05, 3.63) is 38.9 Å². The Bertz CT molecular complexity index is 477. The minimum Gasteiger partial charge on any atom is -0.350 e. The van der Waals surface area contributed by atoms with Gasteiger partial charge >= 0.3 is 0 Å². The van der Waals surface area contributed by atoms with E-state index in [1.54, 1.807) is 0 Å². The van der Waals surface area contributed by atoms with E-state index in [0.29, 0.717) is 19.1 Å². The molecule has 0 aliphatic carbocycles. The maximum Gasteiger partial charge on any atom is 0.283 e. The van der Waals surface area contributed by atoms with Crippen LogP contribution in [-0.2, 0) is 0 Å². The van der Waals surface area contributed by atoms with Crippen LogP contribution in [0.1, 0.15) is 24.2 Å². The van der Waals surface area contributed by atoms with Crippen LogP contribution in [-0.4, -0.2) is 30.0 Å². The van der Waals surface area contributed by atoms with Gasteiger partial charge < -0.3 is 10.6 Å². The van der Waals surface area contributed by atoms with E-state index in [0.717, 1.165) is 0 Å². The summed E-state index contributed by atoms with van der Waals surface area (Å²) in [5, 5.41) is 16.6. The van der Waals surface area contributed by atoms with Gasteiger partial charge in [0.1, 0.15) is 5.56 Å². The number of benzene rings is 1. The molecule has 19 heavy (non-hydrogen) atoms. The Morgan fingerprint density at radius 3 is 2.68 bits per heavy atom. The number of carbonyl (C=O) groups is 1. The zero-order valence-electron chi connectivity index (χ0n) is 10.8. The molecule has 1 amide bonds. The molecule has 0 aliphatic heterocycles. The number of rotatable bonds is 6. The van der Waals surface area contributed by atoms with Gasteiger partial charge in [0.05, 0.1) is 9.95 Å². The van der Waals surface area contributed by atoms with Crippen molar-refractivity contribution in [3.63, 3.8) is 0 Å². The van der Waals surface area contributed by atoms with Crippen LogP contribution >= 0.6 is 11.6 Å². The minimum atomic E-state index is -0.618. The molecular weight excluding hydrogens is 270 g/mol. The van der Waals surface area contributed by atoms with E-state index in [1.165, 1.54) is 18.2 Å². The molecule has 0 fully saturated rings. The van der Waals surface area contributed by atoms with E-state index in [9.17, 15) is 14.9 Å². The molecule has 0 radical (unpaired) electrons. The summed E-state index contributed by atoms with van der Waals surface area (Å²) in [4.78, 5) is 22.1. The number of carbonyl (C=O) groups excluding carboxylic acids is 1. The first-order valence-electron chi connectivity index (χ1n) is 5.88. The normalized spacial score (nSPS) is 10.5. The Balaban J connectivity index is 2.74. The summed E-state index contributed by atoms with van der Waals surface area (Å²) >= 11 is 5.85.